The first-order valence-corrected chi connectivity index (χ1v) is 6.44. The van der Waals surface area contributed by atoms with Crippen LogP contribution >= 0.6 is 0 Å². The second-order valence-corrected chi connectivity index (χ2v) is 5.04. The lowest BCUT2D eigenvalue weighted by molar-refractivity contribution is 0.281. The van der Waals surface area contributed by atoms with Crippen LogP contribution in [0.15, 0.2) is 30.6 Å². The number of aromatic nitrogens is 2. The van der Waals surface area contributed by atoms with Crippen molar-refractivity contribution in [2.24, 2.45) is 5.92 Å². The average Bonchev–Trinajstić information content (AvgIpc) is 2.85. The quantitative estimate of drug-likeness (QED) is 0.899. The Kier molecular flexibility index (Phi) is 4.22. The molecule has 1 heterocycles. The molecule has 0 saturated heterocycles. The van der Waals surface area contributed by atoms with Gasteiger partial charge in [-0.05, 0) is 23.6 Å². The normalized spacial score (nSPS) is 11.0. The Morgan fingerprint density at radius 2 is 2.16 bits per heavy atom. The van der Waals surface area contributed by atoms with Crippen LogP contribution in [0.25, 0.3) is 11.1 Å². The van der Waals surface area contributed by atoms with Crippen molar-refractivity contribution in [3.8, 4) is 16.9 Å². The number of nitrogens with zero attached hydrogens (tertiary/aromatic N) is 2. The van der Waals surface area contributed by atoms with Gasteiger partial charge in [-0.15, -0.1) is 0 Å². The minimum absolute atomic E-state index is 0.0249. The molecule has 0 bridgehead atoms. The van der Waals surface area contributed by atoms with Crippen LogP contribution in [0.2, 0.25) is 0 Å². The van der Waals surface area contributed by atoms with Crippen LogP contribution in [0.5, 0.6) is 5.75 Å². The standard InChI is InChI=1S/C15H20N2O2/c1-11(2)8-17-9-13(7-16-17)14-6-12(10-18)4-5-15(14)19-3/h4-7,9,11,18H,8,10H2,1-3H3. The third kappa shape index (κ3) is 3.15. The molecule has 0 aliphatic heterocycles. The number of benzene rings is 1. The van der Waals surface area contributed by atoms with Gasteiger partial charge in [0.25, 0.3) is 0 Å². The van der Waals surface area contributed by atoms with E-state index in [9.17, 15) is 5.11 Å². The Morgan fingerprint density at radius 1 is 1.37 bits per heavy atom. The molecule has 0 atom stereocenters. The molecule has 102 valence electrons. The summed E-state index contributed by atoms with van der Waals surface area (Å²) in [5.41, 5.74) is 2.84. The Hall–Kier alpha value is -1.81. The number of rotatable bonds is 5. The summed E-state index contributed by atoms with van der Waals surface area (Å²) in [5.74, 6) is 1.35. The first-order chi connectivity index (χ1) is 9.13. The van der Waals surface area contributed by atoms with Gasteiger partial charge in [0.05, 0.1) is 19.9 Å². The van der Waals surface area contributed by atoms with Gasteiger partial charge in [0.1, 0.15) is 5.75 Å². The number of hydrogen-bond donors (Lipinski definition) is 1. The molecule has 4 heteroatoms. The zero-order chi connectivity index (χ0) is 13.8. The molecule has 2 rings (SSSR count). The maximum absolute atomic E-state index is 9.24. The maximum Gasteiger partial charge on any atom is 0.126 e. The van der Waals surface area contributed by atoms with E-state index in [-0.39, 0.29) is 6.61 Å². The Labute approximate surface area is 113 Å². The van der Waals surface area contributed by atoms with Crippen molar-refractivity contribution in [1.29, 1.82) is 0 Å². The number of aliphatic hydroxyl groups excluding tert-OH is 1. The van der Waals surface area contributed by atoms with Crippen molar-refractivity contribution >= 4 is 0 Å². The predicted octanol–water partition coefficient (Wildman–Crippen LogP) is 2.71. The molecule has 1 N–H and O–H groups in total. The van der Waals surface area contributed by atoms with Crippen LogP contribution in [-0.2, 0) is 13.2 Å². The summed E-state index contributed by atoms with van der Waals surface area (Å²) < 4.78 is 7.31. The van der Waals surface area contributed by atoms with E-state index in [0.29, 0.717) is 5.92 Å². The lowest BCUT2D eigenvalue weighted by atomic mass is 10.1. The van der Waals surface area contributed by atoms with E-state index in [1.54, 1.807) is 7.11 Å². The van der Waals surface area contributed by atoms with E-state index in [0.717, 1.165) is 29.0 Å². The van der Waals surface area contributed by atoms with E-state index in [2.05, 4.69) is 18.9 Å². The fraction of sp³-hybridized carbons (Fsp3) is 0.400. The minimum atomic E-state index is 0.0249. The third-order valence-electron chi connectivity index (χ3n) is 2.94. The van der Waals surface area contributed by atoms with Crippen LogP contribution in [0, 0.1) is 5.92 Å². The smallest absolute Gasteiger partial charge is 0.126 e. The fourth-order valence-electron chi connectivity index (χ4n) is 2.06. The summed E-state index contributed by atoms with van der Waals surface area (Å²) in [5, 5.41) is 13.6. The highest BCUT2D eigenvalue weighted by Gasteiger charge is 2.09. The van der Waals surface area contributed by atoms with Crippen molar-refractivity contribution in [1.82, 2.24) is 9.78 Å². The summed E-state index contributed by atoms with van der Waals surface area (Å²) >= 11 is 0. The van der Waals surface area contributed by atoms with Crippen molar-refractivity contribution in [2.45, 2.75) is 27.0 Å². The number of hydrogen-bond acceptors (Lipinski definition) is 3. The highest BCUT2D eigenvalue weighted by atomic mass is 16.5. The van der Waals surface area contributed by atoms with Crippen LogP contribution in [0.1, 0.15) is 19.4 Å². The maximum atomic E-state index is 9.24. The Morgan fingerprint density at radius 3 is 2.79 bits per heavy atom. The minimum Gasteiger partial charge on any atom is -0.496 e. The van der Waals surface area contributed by atoms with E-state index in [1.807, 2.05) is 35.3 Å². The van der Waals surface area contributed by atoms with Crippen molar-refractivity contribution in [3.63, 3.8) is 0 Å². The first kappa shape index (κ1) is 13.6. The van der Waals surface area contributed by atoms with Gasteiger partial charge in [-0.25, -0.2) is 0 Å². The fourth-order valence-corrected chi connectivity index (χ4v) is 2.06. The molecule has 1 aromatic carbocycles. The molecule has 0 radical (unpaired) electrons. The Bertz CT molecular complexity index is 547. The monoisotopic (exact) mass is 260 g/mol. The third-order valence-corrected chi connectivity index (χ3v) is 2.94. The largest absolute Gasteiger partial charge is 0.496 e. The van der Waals surface area contributed by atoms with Gasteiger partial charge in [0.15, 0.2) is 0 Å². The topological polar surface area (TPSA) is 47.3 Å². The lowest BCUT2D eigenvalue weighted by Crippen LogP contribution is -2.04. The summed E-state index contributed by atoms with van der Waals surface area (Å²) in [6, 6.07) is 5.68. The zero-order valence-electron chi connectivity index (χ0n) is 11.6. The molecular weight excluding hydrogens is 240 g/mol. The van der Waals surface area contributed by atoms with Gasteiger partial charge in [-0.2, -0.15) is 5.10 Å². The molecule has 0 spiro atoms. The zero-order valence-corrected chi connectivity index (χ0v) is 11.6. The molecule has 0 saturated carbocycles. The van der Waals surface area contributed by atoms with Gasteiger partial charge in [0, 0.05) is 23.9 Å². The van der Waals surface area contributed by atoms with Crippen LogP contribution in [0.3, 0.4) is 0 Å². The molecular formula is C15H20N2O2. The van der Waals surface area contributed by atoms with Crippen molar-refractivity contribution in [3.05, 3.63) is 36.2 Å². The number of ether oxygens (including phenoxy) is 1. The van der Waals surface area contributed by atoms with Gasteiger partial charge in [0.2, 0.25) is 0 Å². The van der Waals surface area contributed by atoms with E-state index in [4.69, 9.17) is 4.74 Å². The summed E-state index contributed by atoms with van der Waals surface area (Å²) in [4.78, 5) is 0. The summed E-state index contributed by atoms with van der Waals surface area (Å²) in [6.45, 7) is 5.24. The van der Waals surface area contributed by atoms with Crippen LogP contribution < -0.4 is 4.74 Å². The van der Waals surface area contributed by atoms with Gasteiger partial charge >= 0.3 is 0 Å². The molecule has 2 aromatic rings. The Balaban J connectivity index is 2.36. The highest BCUT2D eigenvalue weighted by molar-refractivity contribution is 5.70. The first-order valence-electron chi connectivity index (χ1n) is 6.44. The molecule has 19 heavy (non-hydrogen) atoms. The van der Waals surface area contributed by atoms with Gasteiger partial charge < -0.3 is 9.84 Å². The second-order valence-electron chi connectivity index (χ2n) is 5.04. The molecule has 0 unspecified atom stereocenters. The number of methoxy groups -OCH3 is 1. The highest BCUT2D eigenvalue weighted by Crippen LogP contribution is 2.30. The van der Waals surface area contributed by atoms with Crippen LogP contribution in [-0.4, -0.2) is 22.0 Å². The van der Waals surface area contributed by atoms with Crippen molar-refractivity contribution < 1.29 is 9.84 Å². The lowest BCUT2D eigenvalue weighted by Gasteiger charge is -2.08. The van der Waals surface area contributed by atoms with Gasteiger partial charge in [-0.1, -0.05) is 19.9 Å². The predicted molar refractivity (Wildman–Crippen MR) is 75.0 cm³/mol. The van der Waals surface area contributed by atoms with E-state index >= 15 is 0 Å². The average molecular weight is 260 g/mol. The SMILES string of the molecule is COc1ccc(CO)cc1-c1cnn(CC(C)C)c1. The molecule has 0 amide bonds. The molecule has 1 aromatic heterocycles. The molecule has 0 aliphatic carbocycles. The molecule has 0 aliphatic rings. The van der Waals surface area contributed by atoms with Crippen molar-refractivity contribution in [2.75, 3.05) is 7.11 Å². The molecule has 0 fully saturated rings. The van der Waals surface area contributed by atoms with Crippen LogP contribution in [0.4, 0.5) is 0 Å². The van der Waals surface area contributed by atoms with Gasteiger partial charge in [-0.3, -0.25) is 4.68 Å². The summed E-state index contributed by atoms with van der Waals surface area (Å²) in [7, 11) is 1.65. The summed E-state index contributed by atoms with van der Waals surface area (Å²) in [6.07, 6.45) is 3.85. The second kappa shape index (κ2) is 5.89. The van der Waals surface area contributed by atoms with E-state index in [1.165, 1.54) is 0 Å². The molecule has 4 nitrogen and oxygen atoms in total. The number of aliphatic hydroxyl groups is 1. The van der Waals surface area contributed by atoms with E-state index < -0.39 is 0 Å².